The van der Waals surface area contributed by atoms with E-state index in [0.717, 1.165) is 12.0 Å². The van der Waals surface area contributed by atoms with Gasteiger partial charge in [-0.25, -0.2) is 0 Å². The van der Waals surface area contributed by atoms with Crippen molar-refractivity contribution >= 4 is 23.4 Å². The molecule has 2 fully saturated rings. The minimum Gasteiger partial charge on any atom is -0.368 e. The summed E-state index contributed by atoms with van der Waals surface area (Å²) >= 11 is 0. The third kappa shape index (κ3) is 4.57. The van der Waals surface area contributed by atoms with Crippen LogP contribution in [-0.4, -0.2) is 57.1 Å². The van der Waals surface area contributed by atoms with E-state index in [1.54, 1.807) is 17.0 Å². The second-order valence-electron chi connectivity index (χ2n) is 8.52. The van der Waals surface area contributed by atoms with Crippen molar-refractivity contribution in [3.63, 3.8) is 0 Å². The highest BCUT2D eigenvalue weighted by molar-refractivity contribution is 6.00. The fraction of sp³-hybridized carbons (Fsp3) is 0.375. The number of fused-ring (bicyclic) bond motifs is 1. The zero-order chi connectivity index (χ0) is 23.5. The molecule has 2 aliphatic rings. The Morgan fingerprint density at radius 3 is 2.39 bits per heavy atom. The Labute approximate surface area is 191 Å². The Balaban J connectivity index is 1.63. The number of nitro groups is 1. The van der Waals surface area contributed by atoms with E-state index in [9.17, 15) is 24.5 Å². The van der Waals surface area contributed by atoms with Gasteiger partial charge in [-0.3, -0.25) is 24.5 Å². The maximum absolute atomic E-state index is 13.5. The molecule has 2 N–H and O–H groups in total. The third-order valence-corrected chi connectivity index (χ3v) is 6.49. The highest BCUT2D eigenvalue weighted by Gasteiger charge is 2.50. The highest BCUT2D eigenvalue weighted by atomic mass is 16.6. The fourth-order valence-corrected chi connectivity index (χ4v) is 4.82. The summed E-state index contributed by atoms with van der Waals surface area (Å²) in [4.78, 5) is 52.9. The molecular weight excluding hydrogens is 424 g/mol. The van der Waals surface area contributed by atoms with E-state index in [2.05, 4.69) is 0 Å². The van der Waals surface area contributed by atoms with Crippen molar-refractivity contribution in [1.29, 1.82) is 0 Å². The number of rotatable bonds is 8. The van der Waals surface area contributed by atoms with Crippen LogP contribution >= 0.6 is 0 Å². The molecule has 2 heterocycles. The average molecular weight is 450 g/mol. The van der Waals surface area contributed by atoms with Gasteiger partial charge in [-0.15, -0.1) is 0 Å². The Kier molecular flexibility index (Phi) is 6.39. The molecule has 2 saturated heterocycles. The molecule has 0 aliphatic carbocycles. The molecule has 9 nitrogen and oxygen atoms in total. The first kappa shape index (κ1) is 22.4. The molecule has 33 heavy (non-hydrogen) atoms. The van der Waals surface area contributed by atoms with Gasteiger partial charge in [0.15, 0.2) is 0 Å². The molecule has 4 rings (SSSR count). The van der Waals surface area contributed by atoms with Gasteiger partial charge < -0.3 is 15.5 Å². The van der Waals surface area contributed by atoms with Gasteiger partial charge in [0.05, 0.1) is 4.92 Å². The van der Waals surface area contributed by atoms with Crippen molar-refractivity contribution < 1.29 is 19.3 Å². The van der Waals surface area contributed by atoms with E-state index < -0.39 is 29.0 Å². The number of hydrogen-bond donors (Lipinski definition) is 1. The van der Waals surface area contributed by atoms with Crippen LogP contribution in [0.2, 0.25) is 0 Å². The Morgan fingerprint density at radius 1 is 1.06 bits per heavy atom. The molecule has 172 valence electrons. The predicted octanol–water partition coefficient (Wildman–Crippen LogP) is 1.83. The van der Waals surface area contributed by atoms with Gasteiger partial charge in [0.1, 0.15) is 18.1 Å². The van der Waals surface area contributed by atoms with Crippen LogP contribution in [0.1, 0.15) is 30.4 Å². The molecule has 0 unspecified atom stereocenters. The van der Waals surface area contributed by atoms with Crippen LogP contribution in [0, 0.1) is 10.1 Å². The SMILES string of the molecule is NC(=O)[C@H](Cc1ccc([N+](=O)[O-])cc1)N1C(=O)[C@@H]2CCCN2C(=O)[C@@H]1CCc1ccccc1. The monoisotopic (exact) mass is 450 g/mol. The molecule has 3 amide bonds. The minimum atomic E-state index is -1.02. The van der Waals surface area contributed by atoms with Crippen LogP contribution in [0.5, 0.6) is 0 Å². The van der Waals surface area contributed by atoms with Crippen LogP contribution in [0.15, 0.2) is 54.6 Å². The quantitative estimate of drug-likeness (QED) is 0.485. The van der Waals surface area contributed by atoms with Gasteiger partial charge in [-0.1, -0.05) is 42.5 Å². The maximum Gasteiger partial charge on any atom is 0.269 e. The topological polar surface area (TPSA) is 127 Å². The summed E-state index contributed by atoms with van der Waals surface area (Å²) in [6.07, 6.45) is 2.34. The van der Waals surface area contributed by atoms with Crippen molar-refractivity contribution in [3.8, 4) is 0 Å². The number of carbonyl (C=O) groups excluding carboxylic acids is 3. The molecule has 0 radical (unpaired) electrons. The maximum atomic E-state index is 13.5. The number of carbonyl (C=O) groups is 3. The van der Waals surface area contributed by atoms with Gasteiger partial charge in [-0.05, 0) is 36.8 Å². The number of nitro benzene ring substituents is 1. The summed E-state index contributed by atoms with van der Waals surface area (Å²) in [6, 6.07) is 13.1. The van der Waals surface area contributed by atoms with Crippen molar-refractivity contribution in [2.45, 2.75) is 50.2 Å². The highest BCUT2D eigenvalue weighted by Crippen LogP contribution is 2.31. The molecule has 9 heteroatoms. The number of amides is 3. The largest absolute Gasteiger partial charge is 0.368 e. The van der Waals surface area contributed by atoms with Crippen LogP contribution in [-0.2, 0) is 27.2 Å². The van der Waals surface area contributed by atoms with Crippen molar-refractivity contribution in [2.75, 3.05) is 6.54 Å². The molecule has 0 bridgehead atoms. The molecule has 0 saturated carbocycles. The second-order valence-corrected chi connectivity index (χ2v) is 8.52. The first-order valence-corrected chi connectivity index (χ1v) is 11.1. The Hall–Kier alpha value is -3.75. The first-order chi connectivity index (χ1) is 15.9. The predicted molar refractivity (Wildman–Crippen MR) is 120 cm³/mol. The lowest BCUT2D eigenvalue weighted by molar-refractivity contribution is -0.384. The van der Waals surface area contributed by atoms with E-state index >= 15 is 0 Å². The molecule has 0 aromatic heterocycles. The van der Waals surface area contributed by atoms with Crippen LogP contribution in [0.4, 0.5) is 5.69 Å². The van der Waals surface area contributed by atoms with Crippen molar-refractivity contribution in [1.82, 2.24) is 9.80 Å². The van der Waals surface area contributed by atoms with Gasteiger partial charge in [0, 0.05) is 25.1 Å². The van der Waals surface area contributed by atoms with Crippen LogP contribution < -0.4 is 5.73 Å². The summed E-state index contributed by atoms with van der Waals surface area (Å²) in [6.45, 7) is 0.536. The Morgan fingerprint density at radius 2 is 1.76 bits per heavy atom. The summed E-state index contributed by atoms with van der Waals surface area (Å²) < 4.78 is 0. The lowest BCUT2D eigenvalue weighted by Gasteiger charge is -2.45. The molecule has 3 atom stereocenters. The number of non-ortho nitro benzene ring substituents is 1. The normalized spacial score (nSPS) is 21.1. The summed E-state index contributed by atoms with van der Waals surface area (Å²) in [7, 11) is 0. The summed E-state index contributed by atoms with van der Waals surface area (Å²) in [5.74, 6) is -1.11. The van der Waals surface area contributed by atoms with E-state index in [0.29, 0.717) is 31.4 Å². The third-order valence-electron chi connectivity index (χ3n) is 6.49. The van der Waals surface area contributed by atoms with Crippen LogP contribution in [0.25, 0.3) is 0 Å². The zero-order valence-corrected chi connectivity index (χ0v) is 18.1. The van der Waals surface area contributed by atoms with Crippen LogP contribution in [0.3, 0.4) is 0 Å². The molecular formula is C24H26N4O5. The zero-order valence-electron chi connectivity index (χ0n) is 18.1. The number of nitrogens with two attached hydrogens (primary N) is 1. The Bertz CT molecular complexity index is 1060. The van der Waals surface area contributed by atoms with Gasteiger partial charge >= 0.3 is 0 Å². The molecule has 2 aromatic carbocycles. The van der Waals surface area contributed by atoms with Gasteiger partial charge in [0.25, 0.3) is 5.69 Å². The molecule has 2 aromatic rings. The number of hydrogen-bond acceptors (Lipinski definition) is 5. The summed E-state index contributed by atoms with van der Waals surface area (Å²) in [5, 5.41) is 10.9. The number of primary amides is 1. The number of aryl methyl sites for hydroxylation is 1. The molecule has 2 aliphatic heterocycles. The second kappa shape index (κ2) is 9.40. The van der Waals surface area contributed by atoms with E-state index in [-0.39, 0.29) is 23.9 Å². The average Bonchev–Trinajstić information content (AvgIpc) is 3.31. The number of benzene rings is 2. The van der Waals surface area contributed by atoms with E-state index in [1.807, 2.05) is 30.3 Å². The molecule has 0 spiro atoms. The van der Waals surface area contributed by atoms with Crippen molar-refractivity contribution in [2.24, 2.45) is 5.73 Å². The first-order valence-electron chi connectivity index (χ1n) is 11.1. The van der Waals surface area contributed by atoms with Gasteiger partial charge in [0.2, 0.25) is 17.7 Å². The van der Waals surface area contributed by atoms with Gasteiger partial charge in [-0.2, -0.15) is 0 Å². The fourth-order valence-electron chi connectivity index (χ4n) is 4.82. The minimum absolute atomic E-state index is 0.0686. The number of nitrogens with zero attached hydrogens (tertiary/aromatic N) is 3. The number of piperazine rings is 1. The van der Waals surface area contributed by atoms with Crippen molar-refractivity contribution in [3.05, 3.63) is 75.8 Å². The van der Waals surface area contributed by atoms with E-state index in [1.165, 1.54) is 17.0 Å². The standard InChI is InChI=1S/C24H26N4O5/c25-22(29)21(15-17-8-11-18(12-9-17)28(32)33)27-20(13-10-16-5-2-1-3-6-16)23(30)26-14-4-7-19(26)24(27)31/h1-3,5-6,8-9,11-12,19-21H,4,7,10,13-15H2,(H2,25,29)/t19-,20-,21-/m0/s1. The summed E-state index contributed by atoms with van der Waals surface area (Å²) in [5.41, 5.74) is 7.33. The van der Waals surface area contributed by atoms with E-state index in [4.69, 9.17) is 5.73 Å². The lowest BCUT2D eigenvalue weighted by atomic mass is 9.94. The lowest BCUT2D eigenvalue weighted by Crippen LogP contribution is -2.67. The smallest absolute Gasteiger partial charge is 0.269 e.